The van der Waals surface area contributed by atoms with Gasteiger partial charge in [0.05, 0.1) is 22.2 Å². The molecule has 1 aliphatic carbocycles. The molecule has 2 fully saturated rings. The largest absolute Gasteiger partial charge is 0.489 e. The van der Waals surface area contributed by atoms with Crippen molar-refractivity contribution in [2.24, 2.45) is 0 Å². The van der Waals surface area contributed by atoms with Gasteiger partial charge < -0.3 is 19.3 Å². The van der Waals surface area contributed by atoms with Gasteiger partial charge in [0.25, 0.3) is 0 Å². The second kappa shape index (κ2) is 13.2. The molecule has 1 aliphatic heterocycles. The Morgan fingerprint density at radius 2 is 1.74 bits per heavy atom. The number of hydrogen-bond acceptors (Lipinski definition) is 5. The summed E-state index contributed by atoms with van der Waals surface area (Å²) in [6.07, 6.45) is 8.70. The van der Waals surface area contributed by atoms with Crippen molar-refractivity contribution in [2.45, 2.75) is 62.5 Å². The molecule has 9 heteroatoms. The van der Waals surface area contributed by atoms with Gasteiger partial charge in [-0.2, -0.15) is 0 Å². The summed E-state index contributed by atoms with van der Waals surface area (Å²) in [5, 5.41) is 9.55. The number of thioether (sulfide) groups is 1. The van der Waals surface area contributed by atoms with Gasteiger partial charge >= 0.3 is 5.97 Å². The maximum atomic E-state index is 16.0. The molecule has 1 N–H and O–H groups in total. The first-order valence-corrected chi connectivity index (χ1v) is 17.4. The molecule has 4 aromatic carbocycles. The molecule has 2 heterocycles. The lowest BCUT2D eigenvalue weighted by Crippen LogP contribution is -2.23. The second-order valence-electron chi connectivity index (χ2n) is 12.3. The third kappa shape index (κ3) is 6.24. The Bertz CT molecular complexity index is 1970. The summed E-state index contributed by atoms with van der Waals surface area (Å²) in [7, 11) is 0. The maximum absolute atomic E-state index is 16.0. The van der Waals surface area contributed by atoms with Gasteiger partial charge in [-0.3, -0.25) is 4.79 Å². The van der Waals surface area contributed by atoms with Crippen LogP contribution in [-0.4, -0.2) is 39.3 Å². The number of fused-ring (bicyclic) bond motifs is 1. The first-order valence-electron chi connectivity index (χ1n) is 16.2. The molecule has 0 spiro atoms. The molecule has 0 unspecified atom stereocenters. The van der Waals surface area contributed by atoms with Crippen molar-refractivity contribution >= 4 is 40.4 Å². The van der Waals surface area contributed by atoms with E-state index in [2.05, 4.69) is 28.8 Å². The van der Waals surface area contributed by atoms with Gasteiger partial charge in [-0.25, -0.2) is 14.2 Å². The van der Waals surface area contributed by atoms with Crippen LogP contribution in [0, 0.1) is 5.82 Å². The van der Waals surface area contributed by atoms with Crippen LogP contribution in [0.1, 0.15) is 66.9 Å². The van der Waals surface area contributed by atoms with Crippen LogP contribution in [0.15, 0.2) is 83.8 Å². The monoisotopic (exact) mass is 649 g/mol. The molecular formula is C38H36FN3O4S. The van der Waals surface area contributed by atoms with E-state index in [9.17, 15) is 14.7 Å². The van der Waals surface area contributed by atoms with E-state index >= 15 is 4.39 Å². The summed E-state index contributed by atoms with van der Waals surface area (Å²) < 4.78 is 24.3. The third-order valence-electron chi connectivity index (χ3n) is 9.33. The van der Waals surface area contributed by atoms with Crippen molar-refractivity contribution in [1.82, 2.24) is 9.55 Å². The number of halogens is 1. The number of benzene rings is 4. The summed E-state index contributed by atoms with van der Waals surface area (Å²) in [4.78, 5) is 32.0. The third-order valence-corrected chi connectivity index (χ3v) is 10.1. The number of hydrogen-bond donors (Lipinski definition) is 1. The standard InChI is InChI=1S/C38H36FN3O4S/c1-47-30-14-9-24(10-15-30)31-16-12-28(41-19-5-8-36(41)43)20-26(31)23-46-29-13-17-32(33(39)22-29)37-40-34-21-25(38(44)45)11-18-35(34)42(37)27-6-3-2-4-7-27/h9-18,20-22,27H,2-8,19,23H2,1H3,(H,44,45). The van der Waals surface area contributed by atoms with Gasteiger partial charge in [0, 0.05) is 35.7 Å². The van der Waals surface area contributed by atoms with Gasteiger partial charge in [-0.05, 0) is 96.8 Å². The molecule has 0 atom stereocenters. The van der Waals surface area contributed by atoms with E-state index < -0.39 is 11.8 Å². The van der Waals surface area contributed by atoms with Crippen LogP contribution in [0.4, 0.5) is 10.1 Å². The number of nitrogens with zero attached hydrogens (tertiary/aromatic N) is 3. The van der Waals surface area contributed by atoms with Gasteiger partial charge in [0.1, 0.15) is 24.0 Å². The zero-order chi connectivity index (χ0) is 32.5. The van der Waals surface area contributed by atoms with Crippen LogP contribution in [0.2, 0.25) is 0 Å². The highest BCUT2D eigenvalue weighted by molar-refractivity contribution is 7.98. The van der Waals surface area contributed by atoms with Crippen LogP contribution in [0.3, 0.4) is 0 Å². The molecule has 47 heavy (non-hydrogen) atoms. The quantitative estimate of drug-likeness (QED) is 0.160. The van der Waals surface area contributed by atoms with Crippen LogP contribution in [0.5, 0.6) is 5.75 Å². The van der Waals surface area contributed by atoms with Crippen LogP contribution < -0.4 is 9.64 Å². The summed E-state index contributed by atoms with van der Waals surface area (Å²) in [5.41, 5.74) is 5.62. The molecular weight excluding hydrogens is 614 g/mol. The number of amides is 1. The highest BCUT2D eigenvalue weighted by Crippen LogP contribution is 2.38. The highest BCUT2D eigenvalue weighted by atomic mass is 32.2. The Kier molecular flexibility index (Phi) is 8.73. The van der Waals surface area contributed by atoms with Crippen LogP contribution in [0.25, 0.3) is 33.5 Å². The number of carboxylic acid groups (broad SMARTS) is 1. The number of carbonyl (C=O) groups excluding carboxylic acids is 1. The minimum absolute atomic E-state index is 0.116. The second-order valence-corrected chi connectivity index (χ2v) is 13.1. The van der Waals surface area contributed by atoms with E-state index in [1.165, 1.54) is 17.4 Å². The summed E-state index contributed by atoms with van der Waals surface area (Å²) in [6, 6.07) is 24.3. The number of carboxylic acids is 1. The molecule has 2 aliphatic rings. The fraction of sp³-hybridized carbons (Fsp3) is 0.289. The molecule has 0 radical (unpaired) electrons. The lowest BCUT2D eigenvalue weighted by Gasteiger charge is -2.25. The van der Waals surface area contributed by atoms with Crippen LogP contribution in [-0.2, 0) is 11.4 Å². The molecule has 240 valence electrons. The highest BCUT2D eigenvalue weighted by Gasteiger charge is 2.25. The number of anilines is 1. The van der Waals surface area contributed by atoms with Gasteiger partial charge in [0.15, 0.2) is 0 Å². The predicted octanol–water partition coefficient (Wildman–Crippen LogP) is 9.14. The van der Waals surface area contributed by atoms with E-state index in [1.54, 1.807) is 42.1 Å². The Morgan fingerprint density at radius 3 is 2.45 bits per heavy atom. The Morgan fingerprint density at radius 1 is 0.957 bits per heavy atom. The predicted molar refractivity (Wildman–Crippen MR) is 184 cm³/mol. The topological polar surface area (TPSA) is 84.7 Å². The summed E-state index contributed by atoms with van der Waals surface area (Å²) >= 11 is 1.68. The zero-order valence-corrected chi connectivity index (χ0v) is 27.1. The minimum Gasteiger partial charge on any atom is -0.489 e. The van der Waals surface area contributed by atoms with E-state index in [4.69, 9.17) is 9.72 Å². The molecule has 0 bridgehead atoms. The SMILES string of the molecule is CSc1ccc(-c2ccc(N3CCCC3=O)cc2COc2ccc(-c3nc4cc(C(=O)O)ccc4n3C3CCCCC3)c(F)c2)cc1. The molecule has 1 saturated carbocycles. The Balaban J connectivity index is 1.21. The number of aromatic carboxylic acids is 1. The Labute approximate surface area is 277 Å². The molecule has 7 nitrogen and oxygen atoms in total. The average Bonchev–Trinajstić information content (AvgIpc) is 3.70. The Hall–Kier alpha value is -4.63. The molecule has 1 saturated heterocycles. The summed E-state index contributed by atoms with van der Waals surface area (Å²) in [5.74, 6) is -0.489. The number of ether oxygens (including phenoxy) is 1. The van der Waals surface area contributed by atoms with Gasteiger partial charge in [-0.1, -0.05) is 37.5 Å². The van der Waals surface area contributed by atoms with E-state index in [0.29, 0.717) is 35.6 Å². The smallest absolute Gasteiger partial charge is 0.335 e. The van der Waals surface area contributed by atoms with Gasteiger partial charge in [-0.15, -0.1) is 11.8 Å². The van der Waals surface area contributed by atoms with Crippen molar-refractivity contribution < 1.29 is 23.8 Å². The fourth-order valence-corrected chi connectivity index (χ4v) is 7.31. The van der Waals surface area contributed by atoms with Crippen molar-refractivity contribution in [3.63, 3.8) is 0 Å². The van der Waals surface area contributed by atoms with E-state index in [-0.39, 0.29) is 24.1 Å². The molecule has 5 aromatic rings. The van der Waals surface area contributed by atoms with Crippen molar-refractivity contribution in [3.05, 3.63) is 95.8 Å². The fourth-order valence-electron chi connectivity index (χ4n) is 6.90. The first kappa shape index (κ1) is 31.0. The first-order chi connectivity index (χ1) is 22.9. The van der Waals surface area contributed by atoms with E-state index in [0.717, 1.165) is 60.0 Å². The number of rotatable bonds is 9. The lowest BCUT2D eigenvalue weighted by atomic mass is 9.94. The number of imidazole rings is 1. The van der Waals surface area contributed by atoms with E-state index in [1.807, 2.05) is 29.4 Å². The summed E-state index contributed by atoms with van der Waals surface area (Å²) in [6.45, 7) is 0.879. The lowest BCUT2D eigenvalue weighted by molar-refractivity contribution is -0.117. The van der Waals surface area contributed by atoms with Crippen molar-refractivity contribution in [1.29, 1.82) is 0 Å². The van der Waals surface area contributed by atoms with Crippen molar-refractivity contribution in [2.75, 3.05) is 17.7 Å². The van der Waals surface area contributed by atoms with Gasteiger partial charge in [0.2, 0.25) is 5.91 Å². The number of carbonyl (C=O) groups is 2. The molecule has 7 rings (SSSR count). The number of aromatic nitrogens is 2. The zero-order valence-electron chi connectivity index (χ0n) is 26.2. The molecule has 1 amide bonds. The van der Waals surface area contributed by atoms with Crippen molar-refractivity contribution in [3.8, 4) is 28.3 Å². The normalized spacial score (nSPS) is 15.4. The minimum atomic E-state index is -1.02. The molecule has 1 aromatic heterocycles. The van der Waals surface area contributed by atoms with Crippen LogP contribution >= 0.6 is 11.8 Å². The average molecular weight is 650 g/mol. The maximum Gasteiger partial charge on any atom is 0.335 e.